The third kappa shape index (κ3) is 3.37. The van der Waals surface area contributed by atoms with Crippen molar-refractivity contribution in [3.8, 4) is 0 Å². The summed E-state index contributed by atoms with van der Waals surface area (Å²) in [5.41, 5.74) is 4.74. The second-order valence-corrected chi connectivity index (χ2v) is 4.57. The van der Waals surface area contributed by atoms with Crippen LogP contribution in [0.15, 0.2) is 54.3 Å². The zero-order valence-corrected chi connectivity index (χ0v) is 11.3. The van der Waals surface area contributed by atoms with Gasteiger partial charge in [0.05, 0.1) is 11.4 Å². The number of rotatable bonds is 3. The van der Waals surface area contributed by atoms with Gasteiger partial charge >= 0.3 is 6.03 Å². The summed E-state index contributed by atoms with van der Waals surface area (Å²) in [4.78, 5) is 11.6. The number of para-hydroxylation sites is 1. The fraction of sp³-hybridized carbons (Fsp3) is 0.267. The van der Waals surface area contributed by atoms with Crippen LogP contribution in [0, 0.1) is 5.92 Å². The van der Waals surface area contributed by atoms with Crippen molar-refractivity contribution in [2.24, 2.45) is 5.92 Å². The van der Waals surface area contributed by atoms with Crippen LogP contribution in [0.5, 0.6) is 0 Å². The zero-order valence-electron chi connectivity index (χ0n) is 11.3. The van der Waals surface area contributed by atoms with E-state index in [1.165, 1.54) is 0 Å². The number of urea groups is 1. The number of hydrogen-bond acceptors (Lipinski definition) is 2. The van der Waals surface area contributed by atoms with Crippen molar-refractivity contribution >= 4 is 11.7 Å². The standard InChI is InChI=1S/C15H19N3O/c1-12-7-6-10-14(11-12)18(17-15(19)16-2)13-8-4-3-5-9-13/h3-6,8-12H,7H2,1-2H3,(H2,16,17,19). The molecule has 0 heterocycles. The number of nitrogens with zero attached hydrogens (tertiary/aromatic N) is 1. The number of allylic oxidation sites excluding steroid dienone is 3. The Labute approximate surface area is 113 Å². The summed E-state index contributed by atoms with van der Waals surface area (Å²) in [6, 6.07) is 9.54. The summed E-state index contributed by atoms with van der Waals surface area (Å²) in [5.74, 6) is 0.470. The average Bonchev–Trinajstić information content (AvgIpc) is 2.45. The Hall–Kier alpha value is -2.23. The monoisotopic (exact) mass is 257 g/mol. The van der Waals surface area contributed by atoms with Crippen LogP contribution in [0.3, 0.4) is 0 Å². The number of carbonyl (C=O) groups is 1. The first-order chi connectivity index (χ1) is 9.20. The van der Waals surface area contributed by atoms with Gasteiger partial charge in [0.25, 0.3) is 0 Å². The molecule has 0 radical (unpaired) electrons. The van der Waals surface area contributed by atoms with E-state index in [0.717, 1.165) is 17.8 Å². The van der Waals surface area contributed by atoms with Crippen LogP contribution in [0.25, 0.3) is 0 Å². The van der Waals surface area contributed by atoms with E-state index in [1.807, 2.05) is 36.4 Å². The zero-order chi connectivity index (χ0) is 13.7. The van der Waals surface area contributed by atoms with E-state index in [2.05, 4.69) is 29.8 Å². The van der Waals surface area contributed by atoms with Gasteiger partial charge in [-0.2, -0.15) is 0 Å². The molecule has 100 valence electrons. The predicted octanol–water partition coefficient (Wildman–Crippen LogP) is 2.82. The summed E-state index contributed by atoms with van der Waals surface area (Å²) in [6.45, 7) is 2.16. The normalized spacial score (nSPS) is 17.6. The van der Waals surface area contributed by atoms with Crippen LogP contribution >= 0.6 is 0 Å². The van der Waals surface area contributed by atoms with Crippen molar-refractivity contribution in [3.05, 3.63) is 54.3 Å². The second kappa shape index (κ2) is 6.09. The van der Waals surface area contributed by atoms with E-state index in [0.29, 0.717) is 5.92 Å². The molecule has 0 saturated carbocycles. The van der Waals surface area contributed by atoms with E-state index >= 15 is 0 Å². The first-order valence-corrected chi connectivity index (χ1v) is 6.42. The lowest BCUT2D eigenvalue weighted by molar-refractivity contribution is 0.242. The molecule has 0 spiro atoms. The molecule has 4 nitrogen and oxygen atoms in total. The molecule has 2 amide bonds. The fourth-order valence-corrected chi connectivity index (χ4v) is 1.98. The van der Waals surface area contributed by atoms with Gasteiger partial charge < -0.3 is 5.32 Å². The third-order valence-corrected chi connectivity index (χ3v) is 2.96. The Morgan fingerprint density at radius 1 is 1.32 bits per heavy atom. The van der Waals surface area contributed by atoms with Gasteiger partial charge in [-0.05, 0) is 30.5 Å². The minimum atomic E-state index is -0.239. The van der Waals surface area contributed by atoms with Crippen LogP contribution in [0.1, 0.15) is 13.3 Å². The lowest BCUT2D eigenvalue weighted by Crippen LogP contribution is -2.46. The number of hydrazine groups is 1. The molecule has 2 N–H and O–H groups in total. The first kappa shape index (κ1) is 13.2. The van der Waals surface area contributed by atoms with Crippen LogP contribution < -0.4 is 15.8 Å². The topological polar surface area (TPSA) is 44.4 Å². The highest BCUT2D eigenvalue weighted by Crippen LogP contribution is 2.23. The van der Waals surface area contributed by atoms with Crippen molar-refractivity contribution in [2.45, 2.75) is 13.3 Å². The van der Waals surface area contributed by atoms with Crippen molar-refractivity contribution in [1.82, 2.24) is 10.7 Å². The maximum atomic E-state index is 11.6. The average molecular weight is 257 g/mol. The van der Waals surface area contributed by atoms with E-state index < -0.39 is 0 Å². The quantitative estimate of drug-likeness (QED) is 0.818. The minimum Gasteiger partial charge on any atom is -0.340 e. The Morgan fingerprint density at radius 2 is 2.05 bits per heavy atom. The number of anilines is 1. The van der Waals surface area contributed by atoms with Crippen molar-refractivity contribution < 1.29 is 4.79 Å². The second-order valence-electron chi connectivity index (χ2n) is 4.57. The first-order valence-electron chi connectivity index (χ1n) is 6.42. The van der Waals surface area contributed by atoms with E-state index in [9.17, 15) is 4.79 Å². The molecule has 0 bridgehead atoms. The van der Waals surface area contributed by atoms with Gasteiger partial charge in [-0.25, -0.2) is 10.2 Å². The van der Waals surface area contributed by atoms with Gasteiger partial charge in [-0.15, -0.1) is 0 Å². The van der Waals surface area contributed by atoms with Crippen molar-refractivity contribution in [3.63, 3.8) is 0 Å². The molecule has 1 aliphatic carbocycles. The molecule has 1 aromatic rings. The largest absolute Gasteiger partial charge is 0.340 e. The minimum absolute atomic E-state index is 0.239. The molecular weight excluding hydrogens is 238 g/mol. The molecule has 0 aliphatic heterocycles. The maximum Gasteiger partial charge on any atom is 0.333 e. The Morgan fingerprint density at radius 3 is 2.68 bits per heavy atom. The lowest BCUT2D eigenvalue weighted by Gasteiger charge is -2.28. The highest BCUT2D eigenvalue weighted by atomic mass is 16.2. The Bertz CT molecular complexity index is 493. The molecule has 1 unspecified atom stereocenters. The number of benzene rings is 1. The molecule has 0 fully saturated rings. The maximum absolute atomic E-state index is 11.6. The van der Waals surface area contributed by atoms with Crippen molar-refractivity contribution in [1.29, 1.82) is 0 Å². The van der Waals surface area contributed by atoms with Crippen molar-refractivity contribution in [2.75, 3.05) is 12.1 Å². The van der Waals surface area contributed by atoms with Crippen LogP contribution in [0.4, 0.5) is 10.5 Å². The predicted molar refractivity (Wildman–Crippen MR) is 77.5 cm³/mol. The molecule has 1 atom stereocenters. The van der Waals surface area contributed by atoms with Gasteiger partial charge in [0.1, 0.15) is 0 Å². The Kier molecular flexibility index (Phi) is 4.23. The number of carbonyl (C=O) groups excluding carboxylic acids is 1. The SMILES string of the molecule is CNC(=O)NN(C1=CC(C)CC=C1)c1ccccc1. The van der Waals surface area contributed by atoms with E-state index in [-0.39, 0.29) is 6.03 Å². The summed E-state index contributed by atoms with van der Waals surface area (Å²) in [7, 11) is 1.60. The number of nitrogens with one attached hydrogen (secondary N) is 2. The molecule has 0 aromatic heterocycles. The smallest absolute Gasteiger partial charge is 0.333 e. The summed E-state index contributed by atoms with van der Waals surface area (Å²) >= 11 is 0. The van der Waals surface area contributed by atoms with Gasteiger partial charge in [0.15, 0.2) is 0 Å². The molecule has 4 heteroatoms. The van der Waals surface area contributed by atoms with Gasteiger partial charge in [-0.1, -0.05) is 37.3 Å². The highest BCUT2D eigenvalue weighted by molar-refractivity contribution is 5.77. The third-order valence-electron chi connectivity index (χ3n) is 2.96. The molecule has 1 aliphatic rings. The molecule has 19 heavy (non-hydrogen) atoms. The van der Waals surface area contributed by atoms with Gasteiger partial charge in [0.2, 0.25) is 0 Å². The Balaban J connectivity index is 2.29. The highest BCUT2D eigenvalue weighted by Gasteiger charge is 2.15. The molecular formula is C15H19N3O. The summed E-state index contributed by atoms with van der Waals surface area (Å²) in [5, 5.41) is 4.37. The molecule has 1 aromatic carbocycles. The van der Waals surface area contributed by atoms with Crippen LogP contribution in [0.2, 0.25) is 0 Å². The molecule has 0 saturated heterocycles. The van der Waals surface area contributed by atoms with E-state index in [4.69, 9.17) is 0 Å². The number of hydrogen-bond donors (Lipinski definition) is 2. The van der Waals surface area contributed by atoms with E-state index in [1.54, 1.807) is 12.1 Å². The summed E-state index contributed by atoms with van der Waals surface area (Å²) in [6.07, 6.45) is 7.35. The van der Waals surface area contributed by atoms with Crippen LogP contribution in [-0.2, 0) is 0 Å². The van der Waals surface area contributed by atoms with Gasteiger partial charge in [0, 0.05) is 7.05 Å². The summed E-state index contributed by atoms with van der Waals surface area (Å²) < 4.78 is 0. The number of amides is 2. The van der Waals surface area contributed by atoms with Gasteiger partial charge in [-0.3, -0.25) is 5.01 Å². The fourth-order valence-electron chi connectivity index (χ4n) is 1.98. The lowest BCUT2D eigenvalue weighted by atomic mass is 10.0. The van der Waals surface area contributed by atoms with Crippen LogP contribution in [-0.4, -0.2) is 13.1 Å². The molecule has 2 rings (SSSR count).